The van der Waals surface area contributed by atoms with Crippen molar-refractivity contribution in [2.24, 2.45) is 5.11 Å². The number of halogens is 3. The minimum Gasteiger partial charge on any atom is -0.381 e. The van der Waals surface area contributed by atoms with E-state index in [1.54, 1.807) is 18.2 Å². The Kier molecular flexibility index (Phi) is 8.69. The van der Waals surface area contributed by atoms with Crippen LogP contribution in [0, 0.1) is 10.9 Å². The number of hydrogen-bond acceptors (Lipinski definition) is 3. The van der Waals surface area contributed by atoms with Crippen LogP contribution in [0.1, 0.15) is 32.3 Å². The van der Waals surface area contributed by atoms with Gasteiger partial charge in [-0.3, -0.25) is 5.41 Å². The molecule has 0 aliphatic carbocycles. The molecule has 1 atom stereocenters. The molecule has 0 saturated carbocycles. The Morgan fingerprint density at radius 2 is 1.84 bits per heavy atom. The first-order chi connectivity index (χ1) is 14.7. The minimum atomic E-state index is -4.40. The van der Waals surface area contributed by atoms with E-state index in [0.717, 1.165) is 29.8 Å². The maximum absolute atomic E-state index is 13.4. The number of nitrogens with zero attached hydrogens (tertiary/aromatic N) is 1. The average Bonchev–Trinajstić information content (AvgIpc) is 2.75. The molecule has 4 nitrogen and oxygen atoms in total. The summed E-state index contributed by atoms with van der Waals surface area (Å²) in [6, 6.07) is 14.4. The SMILES string of the molecule is CC/C=C(/P)C/C(CNc1ccc(C(=N)N=N)cc1-c1ccccc1)=C(\C)C(F)(F)F. The zero-order chi connectivity index (χ0) is 23.0. The smallest absolute Gasteiger partial charge is 0.381 e. The van der Waals surface area contributed by atoms with Crippen LogP contribution in [0.4, 0.5) is 18.9 Å². The molecule has 2 rings (SSSR count). The van der Waals surface area contributed by atoms with Gasteiger partial charge in [0.05, 0.1) is 0 Å². The van der Waals surface area contributed by atoms with Gasteiger partial charge < -0.3 is 5.32 Å². The van der Waals surface area contributed by atoms with Crippen molar-refractivity contribution in [3.8, 4) is 11.1 Å². The number of amidine groups is 1. The van der Waals surface area contributed by atoms with Crippen LogP contribution in [-0.4, -0.2) is 18.6 Å². The second-order valence-corrected chi connectivity index (χ2v) is 7.77. The van der Waals surface area contributed by atoms with Gasteiger partial charge in [-0.15, -0.1) is 14.4 Å². The Morgan fingerprint density at radius 3 is 2.42 bits per heavy atom. The lowest BCUT2D eigenvalue weighted by atomic mass is 9.99. The summed E-state index contributed by atoms with van der Waals surface area (Å²) in [5, 5.41) is 14.9. The number of rotatable bonds is 8. The van der Waals surface area contributed by atoms with E-state index in [0.29, 0.717) is 11.3 Å². The topological polar surface area (TPSA) is 72.1 Å². The van der Waals surface area contributed by atoms with Gasteiger partial charge in [0.15, 0.2) is 5.84 Å². The van der Waals surface area contributed by atoms with Crippen molar-refractivity contribution < 1.29 is 13.2 Å². The molecule has 164 valence electrons. The number of benzene rings is 2. The Bertz CT molecular complexity index is 996. The second kappa shape index (κ2) is 11.0. The lowest BCUT2D eigenvalue weighted by molar-refractivity contribution is -0.0922. The Labute approximate surface area is 182 Å². The fourth-order valence-corrected chi connectivity index (χ4v) is 3.56. The van der Waals surface area contributed by atoms with Crippen LogP contribution < -0.4 is 5.32 Å². The van der Waals surface area contributed by atoms with E-state index in [2.05, 4.69) is 19.7 Å². The monoisotopic (exact) mass is 446 g/mol. The van der Waals surface area contributed by atoms with Gasteiger partial charge in [-0.05, 0) is 49.1 Å². The Balaban J connectivity index is 2.44. The summed E-state index contributed by atoms with van der Waals surface area (Å²) >= 11 is 0. The van der Waals surface area contributed by atoms with Gasteiger partial charge in [0.1, 0.15) is 0 Å². The summed E-state index contributed by atoms with van der Waals surface area (Å²) in [6.45, 7) is 3.08. The summed E-state index contributed by atoms with van der Waals surface area (Å²) < 4.78 is 40.3. The summed E-state index contributed by atoms with van der Waals surface area (Å²) in [5.74, 6) is -0.186. The molecular formula is C23H26F3N4P. The van der Waals surface area contributed by atoms with Gasteiger partial charge in [-0.2, -0.15) is 13.2 Å². The third kappa shape index (κ3) is 6.86. The van der Waals surface area contributed by atoms with Gasteiger partial charge in [-0.25, -0.2) is 5.53 Å². The lowest BCUT2D eigenvalue weighted by Gasteiger charge is -2.19. The van der Waals surface area contributed by atoms with Gasteiger partial charge in [0, 0.05) is 28.9 Å². The molecule has 0 saturated heterocycles. The fourth-order valence-electron chi connectivity index (χ4n) is 3.08. The summed E-state index contributed by atoms with van der Waals surface area (Å²) in [6.07, 6.45) is -1.55. The maximum atomic E-state index is 13.4. The molecule has 31 heavy (non-hydrogen) atoms. The molecule has 0 spiro atoms. The molecule has 0 bridgehead atoms. The number of nitrogens with one attached hydrogen (secondary N) is 3. The molecule has 0 amide bonds. The van der Waals surface area contributed by atoms with Gasteiger partial charge >= 0.3 is 6.18 Å². The van der Waals surface area contributed by atoms with Crippen molar-refractivity contribution in [3.05, 3.63) is 76.6 Å². The molecule has 0 heterocycles. The summed E-state index contributed by atoms with van der Waals surface area (Å²) in [7, 11) is 2.52. The highest BCUT2D eigenvalue weighted by atomic mass is 31.0. The molecule has 0 aliphatic heterocycles. The van der Waals surface area contributed by atoms with Crippen LogP contribution in [0.15, 0.2) is 76.2 Å². The van der Waals surface area contributed by atoms with Crippen LogP contribution in [0.5, 0.6) is 0 Å². The largest absolute Gasteiger partial charge is 0.412 e. The van der Waals surface area contributed by atoms with Crippen LogP contribution in [0.3, 0.4) is 0 Å². The van der Waals surface area contributed by atoms with Crippen LogP contribution in [0.2, 0.25) is 0 Å². The highest BCUT2D eigenvalue weighted by molar-refractivity contribution is 7.22. The predicted octanol–water partition coefficient (Wildman–Crippen LogP) is 7.56. The number of alkyl halides is 3. The van der Waals surface area contributed by atoms with E-state index in [1.165, 1.54) is 0 Å². The second-order valence-electron chi connectivity index (χ2n) is 7.03. The highest BCUT2D eigenvalue weighted by Crippen LogP contribution is 2.33. The number of hydrogen-bond donors (Lipinski definition) is 3. The van der Waals surface area contributed by atoms with Gasteiger partial charge in [0.2, 0.25) is 0 Å². The average molecular weight is 446 g/mol. The molecule has 2 aromatic rings. The molecule has 1 unspecified atom stereocenters. The van der Waals surface area contributed by atoms with E-state index in [9.17, 15) is 13.2 Å². The van der Waals surface area contributed by atoms with Crippen molar-refractivity contribution in [2.45, 2.75) is 32.9 Å². The normalized spacial score (nSPS) is 12.9. The standard InChI is InChI=1S/C23H26F3N4P/c1-3-7-19(31)12-18(15(2)23(24,25)26)14-29-21-11-10-17(22(27)30-28)13-20(21)16-8-5-4-6-9-16/h4-11,13,27-29H,3,12,14,31H2,1-2H3/b18-15-,19-7+,27-22?,30-28?. The highest BCUT2D eigenvalue weighted by Gasteiger charge is 2.32. The van der Waals surface area contributed by atoms with E-state index >= 15 is 0 Å². The molecule has 2 aromatic carbocycles. The maximum Gasteiger partial charge on any atom is 0.412 e. The molecular weight excluding hydrogens is 420 g/mol. The molecule has 3 N–H and O–H groups in total. The van der Waals surface area contributed by atoms with E-state index in [1.807, 2.05) is 43.3 Å². The van der Waals surface area contributed by atoms with Crippen molar-refractivity contribution in [2.75, 3.05) is 11.9 Å². The third-order valence-corrected chi connectivity index (χ3v) is 5.26. The van der Waals surface area contributed by atoms with Crippen LogP contribution in [0.25, 0.3) is 11.1 Å². The predicted molar refractivity (Wildman–Crippen MR) is 124 cm³/mol. The van der Waals surface area contributed by atoms with Crippen molar-refractivity contribution in [1.82, 2.24) is 0 Å². The molecule has 0 aliphatic rings. The Morgan fingerprint density at radius 1 is 1.16 bits per heavy atom. The zero-order valence-corrected chi connectivity index (χ0v) is 18.6. The van der Waals surface area contributed by atoms with Crippen molar-refractivity contribution >= 4 is 20.8 Å². The molecule has 0 radical (unpaired) electrons. The zero-order valence-electron chi connectivity index (χ0n) is 17.5. The fraction of sp³-hybridized carbons (Fsp3) is 0.261. The first-order valence-corrected chi connectivity index (χ1v) is 10.3. The Hall–Kier alpha value is -2.79. The van der Waals surface area contributed by atoms with Gasteiger partial charge in [0.25, 0.3) is 0 Å². The van der Waals surface area contributed by atoms with Crippen LogP contribution in [-0.2, 0) is 0 Å². The third-order valence-electron chi connectivity index (χ3n) is 4.82. The summed E-state index contributed by atoms with van der Waals surface area (Å²) in [4.78, 5) is 0. The summed E-state index contributed by atoms with van der Waals surface area (Å²) in [5.41, 5.74) is 9.42. The van der Waals surface area contributed by atoms with E-state index in [4.69, 9.17) is 10.9 Å². The first kappa shape index (κ1) is 24.5. The van der Waals surface area contributed by atoms with Crippen molar-refractivity contribution in [3.63, 3.8) is 0 Å². The molecule has 0 aromatic heterocycles. The quantitative estimate of drug-likeness (QED) is 0.126. The minimum absolute atomic E-state index is 0.0280. The molecule has 0 fully saturated rings. The van der Waals surface area contributed by atoms with E-state index in [-0.39, 0.29) is 24.4 Å². The molecule has 8 heteroatoms. The first-order valence-electron chi connectivity index (χ1n) is 9.77. The lowest BCUT2D eigenvalue weighted by Crippen LogP contribution is -2.16. The van der Waals surface area contributed by atoms with E-state index < -0.39 is 11.7 Å². The number of anilines is 1. The van der Waals surface area contributed by atoms with Gasteiger partial charge in [-0.1, -0.05) is 48.6 Å². The van der Waals surface area contributed by atoms with Crippen molar-refractivity contribution in [1.29, 1.82) is 10.9 Å². The number of allylic oxidation sites excluding steroid dienone is 3. The van der Waals surface area contributed by atoms with Crippen LogP contribution >= 0.6 is 9.24 Å².